The van der Waals surface area contributed by atoms with Gasteiger partial charge in [-0.25, -0.2) is 9.37 Å². The van der Waals surface area contributed by atoms with Gasteiger partial charge in [-0.3, -0.25) is 9.69 Å². The molecule has 7 nitrogen and oxygen atoms in total. The highest BCUT2D eigenvalue weighted by atomic mass is 19.1. The van der Waals surface area contributed by atoms with Crippen LogP contribution < -0.4 is 10.5 Å². The summed E-state index contributed by atoms with van der Waals surface area (Å²) in [5.74, 6) is 0.865. The monoisotopic (exact) mass is 414 g/mol. The molecule has 8 heteroatoms. The SMILES string of the molecule is Nc1cc(CN2CCC(N3CC(COc4ccc(F)cc4)OCC3=O)CC2)ccn1. The molecule has 0 saturated carbocycles. The van der Waals surface area contributed by atoms with Crippen molar-refractivity contribution >= 4 is 11.7 Å². The number of nitrogen functional groups attached to an aromatic ring is 1. The Morgan fingerprint density at radius 1 is 1.20 bits per heavy atom. The predicted molar refractivity (Wildman–Crippen MR) is 110 cm³/mol. The van der Waals surface area contributed by atoms with Gasteiger partial charge < -0.3 is 20.1 Å². The van der Waals surface area contributed by atoms with Gasteiger partial charge in [-0.15, -0.1) is 0 Å². The maximum absolute atomic E-state index is 13.0. The van der Waals surface area contributed by atoms with Crippen LogP contribution in [0.3, 0.4) is 0 Å². The number of rotatable bonds is 6. The number of pyridine rings is 1. The minimum Gasteiger partial charge on any atom is -0.491 e. The molecule has 0 aliphatic carbocycles. The number of likely N-dealkylation sites (tertiary alicyclic amines) is 1. The van der Waals surface area contributed by atoms with Crippen LogP contribution in [0, 0.1) is 5.82 Å². The molecular formula is C22H27FN4O3. The fourth-order valence-electron chi connectivity index (χ4n) is 4.06. The summed E-state index contributed by atoms with van der Waals surface area (Å²) in [5, 5.41) is 0. The molecule has 3 heterocycles. The molecule has 2 aliphatic rings. The van der Waals surface area contributed by atoms with Crippen molar-refractivity contribution in [1.82, 2.24) is 14.8 Å². The highest BCUT2D eigenvalue weighted by molar-refractivity contribution is 5.78. The fourth-order valence-corrected chi connectivity index (χ4v) is 4.06. The lowest BCUT2D eigenvalue weighted by Crippen LogP contribution is -2.55. The van der Waals surface area contributed by atoms with E-state index in [0.29, 0.717) is 24.7 Å². The Morgan fingerprint density at radius 2 is 1.97 bits per heavy atom. The number of carbonyl (C=O) groups excluding carboxylic acids is 1. The van der Waals surface area contributed by atoms with Gasteiger partial charge in [0.25, 0.3) is 0 Å². The van der Waals surface area contributed by atoms with Crippen molar-refractivity contribution in [3.8, 4) is 5.75 Å². The van der Waals surface area contributed by atoms with Gasteiger partial charge in [0.05, 0.1) is 6.54 Å². The highest BCUT2D eigenvalue weighted by Crippen LogP contribution is 2.22. The smallest absolute Gasteiger partial charge is 0.248 e. The summed E-state index contributed by atoms with van der Waals surface area (Å²) in [7, 11) is 0. The maximum Gasteiger partial charge on any atom is 0.248 e. The molecule has 0 radical (unpaired) electrons. The molecule has 1 atom stereocenters. The number of nitrogens with zero attached hydrogens (tertiary/aromatic N) is 3. The summed E-state index contributed by atoms with van der Waals surface area (Å²) in [5.41, 5.74) is 6.92. The van der Waals surface area contributed by atoms with Crippen molar-refractivity contribution in [3.63, 3.8) is 0 Å². The fraction of sp³-hybridized carbons (Fsp3) is 0.455. The van der Waals surface area contributed by atoms with Crippen LogP contribution in [0.5, 0.6) is 5.75 Å². The Balaban J connectivity index is 1.27. The number of halogens is 1. The van der Waals surface area contributed by atoms with E-state index in [2.05, 4.69) is 9.88 Å². The molecule has 2 fully saturated rings. The van der Waals surface area contributed by atoms with Crippen molar-refractivity contribution < 1.29 is 18.7 Å². The van der Waals surface area contributed by atoms with Gasteiger partial charge in [-0.05, 0) is 54.8 Å². The van der Waals surface area contributed by atoms with E-state index in [-0.39, 0.29) is 30.5 Å². The van der Waals surface area contributed by atoms with Gasteiger partial charge in [0.1, 0.15) is 36.7 Å². The maximum atomic E-state index is 13.0. The summed E-state index contributed by atoms with van der Waals surface area (Å²) in [6, 6.07) is 10.0. The number of piperidine rings is 1. The van der Waals surface area contributed by atoms with Crippen molar-refractivity contribution in [2.24, 2.45) is 0 Å². The number of hydrogen-bond donors (Lipinski definition) is 1. The van der Waals surface area contributed by atoms with E-state index in [1.54, 1.807) is 18.3 Å². The van der Waals surface area contributed by atoms with E-state index in [0.717, 1.165) is 38.0 Å². The van der Waals surface area contributed by atoms with Crippen molar-refractivity contribution in [2.75, 3.05) is 38.6 Å². The van der Waals surface area contributed by atoms with Crippen LogP contribution in [0.1, 0.15) is 18.4 Å². The van der Waals surface area contributed by atoms with E-state index in [4.69, 9.17) is 15.2 Å². The number of anilines is 1. The number of amides is 1. The molecule has 160 valence electrons. The molecule has 2 N–H and O–H groups in total. The Labute approximate surface area is 175 Å². The first kappa shape index (κ1) is 20.6. The standard InChI is InChI=1S/C22H27FN4O3/c23-17-1-3-19(4-2-17)29-14-20-13-27(22(28)15-30-20)18-6-9-26(10-7-18)12-16-5-8-25-21(24)11-16/h1-5,8,11,18,20H,6-7,9-10,12-15H2,(H2,24,25). The summed E-state index contributed by atoms with van der Waals surface area (Å²) in [6.07, 6.45) is 3.40. The number of benzene rings is 1. The van der Waals surface area contributed by atoms with E-state index in [9.17, 15) is 9.18 Å². The Morgan fingerprint density at radius 3 is 2.70 bits per heavy atom. The minimum atomic E-state index is -0.299. The number of nitrogens with two attached hydrogens (primary N) is 1. The van der Waals surface area contributed by atoms with Crippen LogP contribution in [0.2, 0.25) is 0 Å². The quantitative estimate of drug-likeness (QED) is 0.780. The zero-order chi connectivity index (χ0) is 20.9. The van der Waals surface area contributed by atoms with E-state index in [1.807, 2.05) is 17.0 Å². The molecule has 1 aromatic heterocycles. The number of ether oxygens (including phenoxy) is 2. The summed E-state index contributed by atoms with van der Waals surface area (Å²) in [6.45, 7) is 3.62. The third-order valence-corrected chi connectivity index (χ3v) is 5.66. The molecule has 4 rings (SSSR count). The first-order chi connectivity index (χ1) is 14.6. The lowest BCUT2D eigenvalue weighted by atomic mass is 10.0. The number of aromatic nitrogens is 1. The van der Waals surface area contributed by atoms with E-state index >= 15 is 0 Å². The van der Waals surface area contributed by atoms with Crippen molar-refractivity contribution in [2.45, 2.75) is 31.5 Å². The Hall–Kier alpha value is -2.71. The molecule has 1 unspecified atom stereocenters. The van der Waals surface area contributed by atoms with Crippen molar-refractivity contribution in [1.29, 1.82) is 0 Å². The topological polar surface area (TPSA) is 80.9 Å². The average molecular weight is 414 g/mol. The third-order valence-electron chi connectivity index (χ3n) is 5.66. The summed E-state index contributed by atoms with van der Waals surface area (Å²) in [4.78, 5) is 20.8. The molecule has 0 spiro atoms. The molecule has 2 aliphatic heterocycles. The van der Waals surface area contributed by atoms with Crippen LogP contribution in [-0.2, 0) is 16.1 Å². The van der Waals surface area contributed by atoms with Gasteiger partial charge in [-0.1, -0.05) is 0 Å². The summed E-state index contributed by atoms with van der Waals surface area (Å²) >= 11 is 0. The van der Waals surface area contributed by atoms with Gasteiger partial charge in [0.15, 0.2) is 0 Å². The number of hydrogen-bond acceptors (Lipinski definition) is 6. The van der Waals surface area contributed by atoms with E-state index in [1.165, 1.54) is 12.1 Å². The Kier molecular flexibility index (Phi) is 6.44. The lowest BCUT2D eigenvalue weighted by Gasteiger charge is -2.42. The molecular weight excluding hydrogens is 387 g/mol. The minimum absolute atomic E-state index is 0.0355. The zero-order valence-electron chi connectivity index (χ0n) is 16.9. The van der Waals surface area contributed by atoms with E-state index < -0.39 is 0 Å². The van der Waals surface area contributed by atoms with Crippen molar-refractivity contribution in [3.05, 3.63) is 54.0 Å². The van der Waals surface area contributed by atoms with Crippen LogP contribution in [0.4, 0.5) is 10.2 Å². The first-order valence-electron chi connectivity index (χ1n) is 10.3. The van der Waals surface area contributed by atoms with Gasteiger partial charge in [-0.2, -0.15) is 0 Å². The molecule has 0 bridgehead atoms. The van der Waals surface area contributed by atoms with Crippen LogP contribution >= 0.6 is 0 Å². The number of carbonyl (C=O) groups is 1. The Bertz CT molecular complexity index is 856. The molecule has 30 heavy (non-hydrogen) atoms. The first-order valence-corrected chi connectivity index (χ1v) is 10.3. The molecule has 1 amide bonds. The summed E-state index contributed by atoms with van der Waals surface area (Å²) < 4.78 is 24.4. The van der Waals surface area contributed by atoms with Crippen LogP contribution in [0.15, 0.2) is 42.6 Å². The molecule has 2 aromatic rings. The average Bonchev–Trinajstić information content (AvgIpc) is 2.75. The van der Waals surface area contributed by atoms with Gasteiger partial charge >= 0.3 is 0 Å². The second-order valence-corrected chi connectivity index (χ2v) is 7.84. The largest absolute Gasteiger partial charge is 0.491 e. The number of morpholine rings is 1. The predicted octanol–water partition coefficient (Wildman–Crippen LogP) is 2.07. The second kappa shape index (κ2) is 9.40. The molecule has 2 saturated heterocycles. The van der Waals surface area contributed by atoms with Crippen LogP contribution in [-0.4, -0.2) is 65.7 Å². The van der Waals surface area contributed by atoms with Crippen LogP contribution in [0.25, 0.3) is 0 Å². The normalized spacial score (nSPS) is 21.0. The third kappa shape index (κ3) is 5.25. The second-order valence-electron chi connectivity index (χ2n) is 7.84. The zero-order valence-corrected chi connectivity index (χ0v) is 16.9. The van der Waals surface area contributed by atoms with Gasteiger partial charge in [0, 0.05) is 31.9 Å². The highest BCUT2D eigenvalue weighted by Gasteiger charge is 2.33. The molecule has 1 aromatic carbocycles. The lowest BCUT2D eigenvalue weighted by molar-refractivity contribution is -0.155. The van der Waals surface area contributed by atoms with Gasteiger partial charge in [0.2, 0.25) is 5.91 Å².